The zero-order valence-electron chi connectivity index (χ0n) is 12.9. The highest BCUT2D eigenvalue weighted by Crippen LogP contribution is 2.47. The third kappa shape index (κ3) is 2.19. The molecule has 4 fully saturated rings. The molecule has 0 unspecified atom stereocenters. The Balaban J connectivity index is 1.75. The van der Waals surface area contributed by atoms with Crippen molar-refractivity contribution in [1.29, 1.82) is 0 Å². The normalized spacial score (nSPS) is 35.4. The summed E-state index contributed by atoms with van der Waals surface area (Å²) in [4.78, 5) is 16.5. The summed E-state index contributed by atoms with van der Waals surface area (Å²) in [5.74, 6) is -1.43. The van der Waals surface area contributed by atoms with Crippen molar-refractivity contribution < 1.29 is 13.6 Å². The molecule has 4 aliphatic rings. The van der Waals surface area contributed by atoms with Crippen LogP contribution in [0.2, 0.25) is 0 Å². The fraction of sp³-hybridized carbons (Fsp3) is 0.588. The van der Waals surface area contributed by atoms with Crippen molar-refractivity contribution in [1.82, 2.24) is 9.80 Å². The summed E-state index contributed by atoms with van der Waals surface area (Å²) in [6, 6.07) is 4.50. The molecular weight excluding hydrogens is 300 g/mol. The Morgan fingerprint density at radius 1 is 1.22 bits per heavy atom. The second-order valence-electron chi connectivity index (χ2n) is 6.85. The Morgan fingerprint density at radius 3 is 2.65 bits per heavy atom. The molecule has 124 valence electrons. The molecule has 0 aliphatic carbocycles. The van der Waals surface area contributed by atoms with Crippen LogP contribution >= 0.6 is 0 Å². The molecule has 0 aromatic heterocycles. The van der Waals surface area contributed by atoms with Gasteiger partial charge in [-0.2, -0.15) is 0 Å². The number of piperidine rings is 3. The minimum atomic E-state index is -0.821. The predicted molar refractivity (Wildman–Crippen MR) is 81.7 cm³/mol. The van der Waals surface area contributed by atoms with Crippen LogP contribution in [0.3, 0.4) is 0 Å². The molecule has 4 saturated heterocycles. The van der Waals surface area contributed by atoms with Crippen LogP contribution in [-0.4, -0.2) is 54.0 Å². The van der Waals surface area contributed by atoms with Crippen LogP contribution in [0.4, 0.5) is 8.78 Å². The first-order valence-corrected chi connectivity index (χ1v) is 8.29. The summed E-state index contributed by atoms with van der Waals surface area (Å²) in [7, 11) is 0. The van der Waals surface area contributed by atoms with Gasteiger partial charge in [-0.05, 0) is 43.5 Å². The standard InChI is InChI=1S/C17H21F2N3O/c18-13-3-1-2-11(15(13)19)12-9-22(14(23)8-20)16-10-4-6-21(7-5-10)17(12)16/h1-3,10,12,16-17H,4-9,20H2/t12-,16+,17+/m1/s1. The Kier molecular flexibility index (Phi) is 3.61. The first kappa shape index (κ1) is 15.0. The van der Waals surface area contributed by atoms with Gasteiger partial charge >= 0.3 is 0 Å². The Morgan fingerprint density at radius 2 is 1.96 bits per heavy atom. The quantitative estimate of drug-likeness (QED) is 0.894. The van der Waals surface area contributed by atoms with Gasteiger partial charge in [0.05, 0.1) is 12.6 Å². The number of halogens is 2. The van der Waals surface area contributed by atoms with Gasteiger partial charge < -0.3 is 10.6 Å². The molecule has 5 rings (SSSR count). The fourth-order valence-electron chi connectivity index (χ4n) is 4.90. The van der Waals surface area contributed by atoms with Gasteiger partial charge in [0.25, 0.3) is 0 Å². The predicted octanol–water partition coefficient (Wildman–Crippen LogP) is 1.31. The van der Waals surface area contributed by atoms with Gasteiger partial charge in [0.15, 0.2) is 11.6 Å². The van der Waals surface area contributed by atoms with E-state index in [-0.39, 0.29) is 30.5 Å². The number of benzene rings is 1. The fourth-order valence-corrected chi connectivity index (χ4v) is 4.90. The zero-order chi connectivity index (χ0) is 16.1. The van der Waals surface area contributed by atoms with Crippen LogP contribution in [0, 0.1) is 17.6 Å². The Bertz CT molecular complexity index is 630. The number of nitrogens with zero attached hydrogens (tertiary/aromatic N) is 2. The lowest BCUT2D eigenvalue weighted by atomic mass is 9.75. The Hall–Kier alpha value is -1.53. The maximum absolute atomic E-state index is 14.3. The molecule has 6 heteroatoms. The SMILES string of the molecule is NCC(=O)N1C[C@H](c2cccc(F)c2F)[C@H]2[C@@H]1C1CCN2CC1. The summed E-state index contributed by atoms with van der Waals surface area (Å²) in [5.41, 5.74) is 5.96. The average Bonchev–Trinajstić information content (AvgIpc) is 3.00. The lowest BCUT2D eigenvalue weighted by molar-refractivity contribution is -0.134. The monoisotopic (exact) mass is 321 g/mol. The first-order valence-electron chi connectivity index (χ1n) is 8.29. The number of rotatable bonds is 2. The number of nitrogens with two attached hydrogens (primary N) is 1. The van der Waals surface area contributed by atoms with E-state index in [2.05, 4.69) is 4.90 Å². The van der Waals surface area contributed by atoms with E-state index in [1.807, 2.05) is 4.90 Å². The molecule has 0 saturated carbocycles. The van der Waals surface area contributed by atoms with E-state index in [1.165, 1.54) is 0 Å². The van der Waals surface area contributed by atoms with Gasteiger partial charge in [-0.25, -0.2) is 8.78 Å². The van der Waals surface area contributed by atoms with Crippen LogP contribution in [0.25, 0.3) is 0 Å². The highest BCUT2D eigenvalue weighted by Gasteiger charge is 2.54. The molecule has 0 radical (unpaired) electrons. The highest BCUT2D eigenvalue weighted by atomic mass is 19.2. The molecule has 4 heterocycles. The van der Waals surface area contributed by atoms with Crippen LogP contribution in [0.1, 0.15) is 24.3 Å². The van der Waals surface area contributed by atoms with E-state index in [0.29, 0.717) is 18.0 Å². The minimum Gasteiger partial charge on any atom is -0.336 e. The summed E-state index contributed by atoms with van der Waals surface area (Å²) >= 11 is 0. The maximum Gasteiger partial charge on any atom is 0.236 e. The number of hydrogen-bond acceptors (Lipinski definition) is 3. The van der Waals surface area contributed by atoms with Crippen molar-refractivity contribution in [3.05, 3.63) is 35.4 Å². The van der Waals surface area contributed by atoms with Crippen molar-refractivity contribution in [3.63, 3.8) is 0 Å². The Labute approximate surface area is 134 Å². The van der Waals surface area contributed by atoms with Gasteiger partial charge in [-0.1, -0.05) is 12.1 Å². The largest absolute Gasteiger partial charge is 0.336 e. The molecule has 3 atom stereocenters. The van der Waals surface area contributed by atoms with Crippen LogP contribution in [-0.2, 0) is 4.79 Å². The number of carbonyl (C=O) groups excluding carboxylic acids is 1. The number of likely N-dealkylation sites (tertiary alicyclic amines) is 1. The number of hydrogen-bond donors (Lipinski definition) is 1. The lowest BCUT2D eigenvalue weighted by Crippen LogP contribution is -2.61. The van der Waals surface area contributed by atoms with Crippen molar-refractivity contribution in [2.24, 2.45) is 11.7 Å². The number of fused-ring (bicyclic) bond motifs is 2. The van der Waals surface area contributed by atoms with E-state index in [1.54, 1.807) is 12.1 Å². The summed E-state index contributed by atoms with van der Waals surface area (Å²) in [5, 5.41) is 0. The molecule has 1 aromatic rings. The summed E-state index contributed by atoms with van der Waals surface area (Å²) in [6.45, 7) is 2.35. The third-order valence-corrected chi connectivity index (χ3v) is 5.87. The molecule has 4 aliphatic heterocycles. The summed E-state index contributed by atoms with van der Waals surface area (Å²) in [6.07, 6.45) is 2.13. The topological polar surface area (TPSA) is 49.6 Å². The van der Waals surface area contributed by atoms with Crippen LogP contribution in [0.15, 0.2) is 18.2 Å². The first-order chi connectivity index (χ1) is 11.1. The van der Waals surface area contributed by atoms with E-state index in [9.17, 15) is 13.6 Å². The highest BCUT2D eigenvalue weighted by molar-refractivity contribution is 5.79. The van der Waals surface area contributed by atoms with Crippen LogP contribution < -0.4 is 5.73 Å². The van der Waals surface area contributed by atoms with E-state index in [4.69, 9.17) is 5.73 Å². The average molecular weight is 321 g/mol. The van der Waals surface area contributed by atoms with Gasteiger partial charge in [0, 0.05) is 18.5 Å². The molecule has 4 nitrogen and oxygen atoms in total. The molecule has 23 heavy (non-hydrogen) atoms. The zero-order valence-corrected chi connectivity index (χ0v) is 12.9. The maximum atomic E-state index is 14.3. The van der Waals surface area contributed by atoms with Crippen LogP contribution in [0.5, 0.6) is 0 Å². The molecule has 1 amide bonds. The molecule has 2 bridgehead atoms. The lowest BCUT2D eigenvalue weighted by Gasteiger charge is -2.51. The second-order valence-corrected chi connectivity index (χ2v) is 6.85. The van der Waals surface area contributed by atoms with Gasteiger partial charge in [0.2, 0.25) is 5.91 Å². The molecule has 1 aromatic carbocycles. The van der Waals surface area contributed by atoms with Crippen molar-refractivity contribution >= 4 is 5.91 Å². The van der Waals surface area contributed by atoms with Gasteiger partial charge in [-0.3, -0.25) is 9.69 Å². The minimum absolute atomic E-state index is 0.0334. The second kappa shape index (κ2) is 5.53. The van der Waals surface area contributed by atoms with E-state index in [0.717, 1.165) is 32.0 Å². The van der Waals surface area contributed by atoms with E-state index >= 15 is 0 Å². The third-order valence-electron chi connectivity index (χ3n) is 5.87. The van der Waals surface area contributed by atoms with Crippen molar-refractivity contribution in [2.75, 3.05) is 26.2 Å². The number of amides is 1. The summed E-state index contributed by atoms with van der Waals surface area (Å²) < 4.78 is 28.0. The van der Waals surface area contributed by atoms with Crippen molar-refractivity contribution in [2.45, 2.75) is 30.8 Å². The molecule has 2 N–H and O–H groups in total. The van der Waals surface area contributed by atoms with Gasteiger partial charge in [0.1, 0.15) is 0 Å². The molecular formula is C17H21F2N3O. The van der Waals surface area contributed by atoms with Gasteiger partial charge in [-0.15, -0.1) is 0 Å². The smallest absolute Gasteiger partial charge is 0.236 e. The molecule has 0 spiro atoms. The number of carbonyl (C=O) groups is 1. The van der Waals surface area contributed by atoms with E-state index < -0.39 is 11.6 Å². The van der Waals surface area contributed by atoms with Crippen molar-refractivity contribution in [3.8, 4) is 0 Å².